The number of benzene rings is 1. The summed E-state index contributed by atoms with van der Waals surface area (Å²) < 4.78 is 21.3. The highest BCUT2D eigenvalue weighted by Crippen LogP contribution is 2.34. The third-order valence-electron chi connectivity index (χ3n) is 4.20. The van der Waals surface area contributed by atoms with Crippen molar-refractivity contribution < 1.29 is 9.13 Å². The molecule has 1 aromatic heterocycles. The Morgan fingerprint density at radius 2 is 2.10 bits per heavy atom. The minimum Gasteiger partial charge on any atom is -0.373 e. The van der Waals surface area contributed by atoms with E-state index in [0.29, 0.717) is 12.7 Å². The molecule has 0 saturated heterocycles. The van der Waals surface area contributed by atoms with E-state index < -0.39 is 0 Å². The van der Waals surface area contributed by atoms with Gasteiger partial charge >= 0.3 is 0 Å². The zero-order valence-corrected chi connectivity index (χ0v) is 13.3. The maximum Gasteiger partial charge on any atom is 0.132 e. The first kappa shape index (κ1) is 14.9. The summed E-state index contributed by atoms with van der Waals surface area (Å²) >= 11 is 1.67. The molecule has 4 heteroatoms. The number of rotatable bonds is 5. The lowest BCUT2D eigenvalue weighted by molar-refractivity contribution is 0.0172. The van der Waals surface area contributed by atoms with Crippen LogP contribution in [-0.4, -0.2) is 13.2 Å². The molecule has 1 aliphatic carbocycles. The van der Waals surface area contributed by atoms with Gasteiger partial charge in [0, 0.05) is 27.1 Å². The van der Waals surface area contributed by atoms with Gasteiger partial charge in [-0.15, -0.1) is 11.3 Å². The summed E-state index contributed by atoms with van der Waals surface area (Å²) in [6, 6.07) is 5.32. The molecule has 114 valence electrons. The zero-order valence-electron chi connectivity index (χ0n) is 12.5. The molecule has 0 unspecified atom stereocenters. The third kappa shape index (κ3) is 3.28. The molecule has 3 rings (SSSR count). The standard InChI is InChI=1S/C17H22FNOS/c1-19-10-16-13(11-20-12-6-3-2-4-7-12)17-14(18)8-5-9-15(17)21-16/h5,8-9,12,19H,2-4,6-7,10-11H2,1H3. The van der Waals surface area contributed by atoms with E-state index in [1.807, 2.05) is 13.1 Å². The number of hydrogen-bond donors (Lipinski definition) is 1. The zero-order chi connectivity index (χ0) is 14.7. The first-order valence-corrected chi connectivity index (χ1v) is 8.56. The van der Waals surface area contributed by atoms with Crippen molar-refractivity contribution in [2.75, 3.05) is 7.05 Å². The highest BCUT2D eigenvalue weighted by Gasteiger charge is 2.18. The minimum absolute atomic E-state index is 0.131. The molecule has 0 bridgehead atoms. The van der Waals surface area contributed by atoms with Gasteiger partial charge in [0.1, 0.15) is 5.82 Å². The molecule has 0 spiro atoms. The molecular weight excluding hydrogens is 285 g/mol. The van der Waals surface area contributed by atoms with Gasteiger partial charge in [0.15, 0.2) is 0 Å². The lowest BCUT2D eigenvalue weighted by atomic mass is 9.98. The van der Waals surface area contributed by atoms with Crippen LogP contribution in [0.4, 0.5) is 4.39 Å². The number of nitrogens with one attached hydrogen (secondary N) is 1. The Morgan fingerprint density at radius 3 is 2.86 bits per heavy atom. The van der Waals surface area contributed by atoms with Crippen LogP contribution in [0.25, 0.3) is 10.1 Å². The van der Waals surface area contributed by atoms with Gasteiger partial charge in [0.2, 0.25) is 0 Å². The van der Waals surface area contributed by atoms with Crippen LogP contribution in [0.15, 0.2) is 18.2 Å². The van der Waals surface area contributed by atoms with Crippen LogP contribution >= 0.6 is 11.3 Å². The van der Waals surface area contributed by atoms with E-state index in [4.69, 9.17) is 4.74 Å². The first-order chi connectivity index (χ1) is 10.3. The summed E-state index contributed by atoms with van der Waals surface area (Å²) in [5.74, 6) is -0.131. The average molecular weight is 307 g/mol. The number of hydrogen-bond acceptors (Lipinski definition) is 3. The van der Waals surface area contributed by atoms with Gasteiger partial charge in [-0.2, -0.15) is 0 Å². The largest absolute Gasteiger partial charge is 0.373 e. The Balaban J connectivity index is 1.85. The normalized spacial score (nSPS) is 16.7. The van der Waals surface area contributed by atoms with E-state index in [1.165, 1.54) is 24.1 Å². The Hall–Kier alpha value is -0.970. The van der Waals surface area contributed by atoms with Gasteiger partial charge in [-0.05, 0) is 32.0 Å². The molecule has 1 fully saturated rings. The van der Waals surface area contributed by atoms with Crippen LogP contribution in [0.3, 0.4) is 0 Å². The van der Waals surface area contributed by atoms with Crippen LogP contribution < -0.4 is 5.32 Å². The van der Waals surface area contributed by atoms with Gasteiger partial charge < -0.3 is 10.1 Å². The number of ether oxygens (including phenoxy) is 1. The lowest BCUT2D eigenvalue weighted by Crippen LogP contribution is -2.17. The van der Waals surface area contributed by atoms with Crippen LogP contribution in [0.5, 0.6) is 0 Å². The number of halogens is 1. The molecule has 1 aromatic carbocycles. The Kier molecular flexibility index (Phi) is 4.88. The Bertz CT molecular complexity index is 604. The fourth-order valence-electron chi connectivity index (χ4n) is 3.10. The fraction of sp³-hybridized carbons (Fsp3) is 0.529. The molecule has 1 aliphatic rings. The maximum absolute atomic E-state index is 14.2. The highest BCUT2D eigenvalue weighted by molar-refractivity contribution is 7.19. The third-order valence-corrected chi connectivity index (χ3v) is 5.40. The quantitative estimate of drug-likeness (QED) is 0.871. The Labute approximate surface area is 129 Å². The smallest absolute Gasteiger partial charge is 0.132 e. The van der Waals surface area contributed by atoms with Gasteiger partial charge in [-0.3, -0.25) is 0 Å². The molecule has 1 N–H and O–H groups in total. The minimum atomic E-state index is -0.131. The highest BCUT2D eigenvalue weighted by atomic mass is 32.1. The predicted octanol–water partition coefficient (Wildman–Crippen LogP) is 4.61. The summed E-state index contributed by atoms with van der Waals surface area (Å²) in [5.41, 5.74) is 1.04. The molecule has 0 aliphatic heterocycles. The second kappa shape index (κ2) is 6.86. The van der Waals surface area contributed by atoms with Crippen molar-refractivity contribution in [1.82, 2.24) is 5.32 Å². The summed E-state index contributed by atoms with van der Waals surface area (Å²) in [6.07, 6.45) is 6.47. The number of thiophene rings is 1. The van der Waals surface area contributed by atoms with Crippen molar-refractivity contribution in [2.45, 2.75) is 51.4 Å². The molecule has 0 atom stereocenters. The first-order valence-electron chi connectivity index (χ1n) is 7.74. The topological polar surface area (TPSA) is 21.3 Å². The monoisotopic (exact) mass is 307 g/mol. The SMILES string of the molecule is CNCc1sc2cccc(F)c2c1COC1CCCCC1. The van der Waals surface area contributed by atoms with E-state index in [-0.39, 0.29) is 5.82 Å². The van der Waals surface area contributed by atoms with E-state index in [2.05, 4.69) is 5.32 Å². The predicted molar refractivity (Wildman–Crippen MR) is 86.2 cm³/mol. The van der Waals surface area contributed by atoms with E-state index in [0.717, 1.165) is 35.0 Å². The van der Waals surface area contributed by atoms with E-state index >= 15 is 0 Å². The molecule has 1 saturated carbocycles. The maximum atomic E-state index is 14.2. The fourth-order valence-corrected chi connectivity index (χ4v) is 4.34. The molecule has 21 heavy (non-hydrogen) atoms. The Morgan fingerprint density at radius 1 is 1.29 bits per heavy atom. The van der Waals surface area contributed by atoms with Crippen molar-refractivity contribution >= 4 is 21.4 Å². The van der Waals surface area contributed by atoms with Crippen LogP contribution in [0.1, 0.15) is 42.5 Å². The van der Waals surface area contributed by atoms with E-state index in [1.54, 1.807) is 23.5 Å². The van der Waals surface area contributed by atoms with Crippen molar-refractivity contribution in [2.24, 2.45) is 0 Å². The van der Waals surface area contributed by atoms with Crippen LogP contribution in [0, 0.1) is 5.82 Å². The van der Waals surface area contributed by atoms with Crippen molar-refractivity contribution in [3.05, 3.63) is 34.5 Å². The average Bonchev–Trinajstić information content (AvgIpc) is 2.85. The van der Waals surface area contributed by atoms with Gasteiger partial charge in [0.05, 0.1) is 12.7 Å². The van der Waals surface area contributed by atoms with Crippen molar-refractivity contribution in [1.29, 1.82) is 0 Å². The van der Waals surface area contributed by atoms with Gasteiger partial charge in [-0.25, -0.2) is 4.39 Å². The summed E-state index contributed by atoms with van der Waals surface area (Å²) in [6.45, 7) is 1.30. The second-order valence-electron chi connectivity index (χ2n) is 5.72. The molecule has 1 heterocycles. The molecule has 0 radical (unpaired) electrons. The van der Waals surface area contributed by atoms with Crippen LogP contribution in [-0.2, 0) is 17.9 Å². The molecule has 0 amide bonds. The number of fused-ring (bicyclic) bond motifs is 1. The second-order valence-corrected chi connectivity index (χ2v) is 6.85. The van der Waals surface area contributed by atoms with Gasteiger partial charge in [0.25, 0.3) is 0 Å². The summed E-state index contributed by atoms with van der Waals surface area (Å²) in [4.78, 5) is 1.19. The molecule has 2 aromatic rings. The van der Waals surface area contributed by atoms with Gasteiger partial charge in [-0.1, -0.05) is 25.3 Å². The van der Waals surface area contributed by atoms with Crippen molar-refractivity contribution in [3.8, 4) is 0 Å². The van der Waals surface area contributed by atoms with E-state index in [9.17, 15) is 4.39 Å². The lowest BCUT2D eigenvalue weighted by Gasteiger charge is -2.22. The van der Waals surface area contributed by atoms with Crippen LogP contribution in [0.2, 0.25) is 0 Å². The molecule has 2 nitrogen and oxygen atoms in total. The summed E-state index contributed by atoms with van der Waals surface area (Å²) in [5, 5.41) is 3.93. The molecular formula is C17H22FNOS. The summed E-state index contributed by atoms with van der Waals surface area (Å²) in [7, 11) is 1.92. The van der Waals surface area contributed by atoms with Crippen molar-refractivity contribution in [3.63, 3.8) is 0 Å².